The van der Waals surface area contributed by atoms with Crippen molar-refractivity contribution in [2.24, 2.45) is 5.14 Å². The van der Waals surface area contributed by atoms with Crippen LogP contribution in [0.1, 0.15) is 25.5 Å². The van der Waals surface area contributed by atoms with E-state index in [0.717, 1.165) is 5.56 Å². The molecule has 0 amide bonds. The number of hydrogen-bond acceptors (Lipinski definition) is 5. The first-order chi connectivity index (χ1) is 8.75. The summed E-state index contributed by atoms with van der Waals surface area (Å²) in [6, 6.07) is 5.61. The fourth-order valence-electron chi connectivity index (χ4n) is 1.66. The predicted molar refractivity (Wildman–Crippen MR) is 70.8 cm³/mol. The second-order valence-electron chi connectivity index (χ2n) is 4.25. The number of sulfonamides is 1. The Morgan fingerprint density at radius 3 is 2.21 bits per heavy atom. The number of esters is 1. The molecule has 1 aromatic carbocycles. The fraction of sp³-hybridized carbons (Fsp3) is 0.417. The maximum Gasteiger partial charge on any atom is 0.322 e. The average molecular weight is 286 g/mol. The maximum atomic E-state index is 11.3. The lowest BCUT2D eigenvalue weighted by molar-refractivity contribution is -0.142. The molecule has 0 bridgehead atoms. The molecule has 1 rings (SSSR count). The Hall–Kier alpha value is -1.44. The third kappa shape index (κ3) is 4.30. The molecule has 3 N–H and O–H groups in total. The molecule has 6 nitrogen and oxygen atoms in total. The van der Waals surface area contributed by atoms with Gasteiger partial charge in [-0.15, -0.1) is 0 Å². The van der Waals surface area contributed by atoms with Crippen LogP contribution in [0, 0.1) is 0 Å². The van der Waals surface area contributed by atoms with E-state index in [-0.39, 0.29) is 16.9 Å². The summed E-state index contributed by atoms with van der Waals surface area (Å²) in [6.07, 6.45) is 0. The minimum atomic E-state index is -3.68. The number of rotatable bonds is 5. The molecule has 106 valence electrons. The van der Waals surface area contributed by atoms with Crippen LogP contribution in [0.15, 0.2) is 29.2 Å². The molecule has 0 fully saturated rings. The van der Waals surface area contributed by atoms with E-state index in [1.807, 2.05) is 6.92 Å². The number of hydrogen-bond donors (Lipinski definition) is 2. The van der Waals surface area contributed by atoms with E-state index < -0.39 is 16.1 Å². The monoisotopic (exact) mass is 286 g/mol. The molecular formula is C12H18N2O4S. The molecule has 0 heterocycles. The molecule has 0 aliphatic rings. The van der Waals surface area contributed by atoms with Crippen LogP contribution in [0.2, 0.25) is 0 Å². The van der Waals surface area contributed by atoms with Crippen molar-refractivity contribution in [2.45, 2.75) is 30.8 Å². The molecule has 0 spiro atoms. The lowest BCUT2D eigenvalue weighted by Gasteiger charge is -2.18. The molecule has 0 saturated heterocycles. The Morgan fingerprint density at radius 2 is 1.79 bits per heavy atom. The fourth-order valence-corrected chi connectivity index (χ4v) is 2.18. The van der Waals surface area contributed by atoms with Crippen LogP contribution in [0.25, 0.3) is 0 Å². The molecule has 0 aromatic heterocycles. The Morgan fingerprint density at radius 1 is 1.26 bits per heavy atom. The number of nitrogens with one attached hydrogen (secondary N) is 1. The first kappa shape index (κ1) is 15.6. The average Bonchev–Trinajstić information content (AvgIpc) is 2.36. The zero-order valence-electron chi connectivity index (χ0n) is 11.1. The molecule has 1 unspecified atom stereocenters. The summed E-state index contributed by atoms with van der Waals surface area (Å²) in [7, 11) is -2.35. The molecular weight excluding hydrogens is 268 g/mol. The third-order valence-corrected chi connectivity index (χ3v) is 3.69. The summed E-state index contributed by atoms with van der Waals surface area (Å²) in [5.74, 6) is -0.354. The number of methoxy groups -OCH3 is 1. The summed E-state index contributed by atoms with van der Waals surface area (Å²) in [6.45, 7) is 3.56. The van der Waals surface area contributed by atoms with Gasteiger partial charge in [-0.05, 0) is 31.5 Å². The van der Waals surface area contributed by atoms with Gasteiger partial charge in [0.25, 0.3) is 0 Å². The summed E-state index contributed by atoms with van der Waals surface area (Å²) < 4.78 is 26.9. The zero-order chi connectivity index (χ0) is 14.6. The Labute approximate surface area is 113 Å². The molecule has 19 heavy (non-hydrogen) atoms. The largest absolute Gasteiger partial charge is 0.468 e. The van der Waals surface area contributed by atoms with E-state index in [9.17, 15) is 13.2 Å². The molecule has 1 aromatic rings. The van der Waals surface area contributed by atoms with Crippen LogP contribution < -0.4 is 10.5 Å². The SMILES string of the molecule is COC(=O)[C@H](C)NC(C)c1ccc(S(N)(=O)=O)cc1. The first-order valence-electron chi connectivity index (χ1n) is 5.72. The van der Waals surface area contributed by atoms with Crippen LogP contribution in [0.4, 0.5) is 0 Å². The van der Waals surface area contributed by atoms with Crippen molar-refractivity contribution in [3.63, 3.8) is 0 Å². The van der Waals surface area contributed by atoms with Crippen LogP contribution in [0.5, 0.6) is 0 Å². The highest BCUT2D eigenvalue weighted by atomic mass is 32.2. The van der Waals surface area contributed by atoms with Crippen LogP contribution >= 0.6 is 0 Å². The van der Waals surface area contributed by atoms with Crippen LogP contribution in [-0.4, -0.2) is 27.5 Å². The second-order valence-corrected chi connectivity index (χ2v) is 5.81. The van der Waals surface area contributed by atoms with Gasteiger partial charge in [-0.1, -0.05) is 12.1 Å². The minimum absolute atomic E-state index is 0.0597. The van der Waals surface area contributed by atoms with E-state index in [1.54, 1.807) is 19.1 Å². The quantitative estimate of drug-likeness (QED) is 0.770. The molecule has 2 atom stereocenters. The van der Waals surface area contributed by atoms with Crippen molar-refractivity contribution in [3.8, 4) is 0 Å². The lowest BCUT2D eigenvalue weighted by atomic mass is 10.1. The highest BCUT2D eigenvalue weighted by Crippen LogP contribution is 2.16. The summed E-state index contributed by atoms with van der Waals surface area (Å²) >= 11 is 0. The van der Waals surface area contributed by atoms with Crippen molar-refractivity contribution < 1.29 is 17.9 Å². The van der Waals surface area contributed by atoms with E-state index in [4.69, 9.17) is 5.14 Å². The smallest absolute Gasteiger partial charge is 0.322 e. The van der Waals surface area contributed by atoms with Gasteiger partial charge in [0.1, 0.15) is 6.04 Å². The van der Waals surface area contributed by atoms with Crippen LogP contribution in [-0.2, 0) is 19.6 Å². The number of carbonyl (C=O) groups is 1. The minimum Gasteiger partial charge on any atom is -0.468 e. The standard InChI is InChI=1S/C12H18N2O4S/c1-8(14-9(2)12(15)18-3)10-4-6-11(7-5-10)19(13,16)17/h4-9,14H,1-3H3,(H2,13,16,17)/t8?,9-/m0/s1. The first-order valence-corrected chi connectivity index (χ1v) is 7.27. The highest BCUT2D eigenvalue weighted by Gasteiger charge is 2.17. The van der Waals surface area contributed by atoms with Crippen LogP contribution in [0.3, 0.4) is 0 Å². The Kier molecular flexibility index (Phi) is 5.04. The van der Waals surface area contributed by atoms with Crippen molar-refractivity contribution in [1.29, 1.82) is 0 Å². The number of primary sulfonamides is 1. The van der Waals surface area contributed by atoms with Gasteiger partial charge in [0.2, 0.25) is 10.0 Å². The normalized spacial score (nSPS) is 14.7. The van der Waals surface area contributed by atoms with Gasteiger partial charge < -0.3 is 4.74 Å². The Balaban J connectivity index is 2.79. The molecule has 0 radical (unpaired) electrons. The molecule has 0 saturated carbocycles. The van der Waals surface area contributed by atoms with Gasteiger partial charge in [0.15, 0.2) is 0 Å². The zero-order valence-corrected chi connectivity index (χ0v) is 11.9. The summed E-state index contributed by atoms with van der Waals surface area (Å²) in [4.78, 5) is 11.3. The number of nitrogens with two attached hydrogens (primary N) is 1. The number of carbonyl (C=O) groups excluding carboxylic acids is 1. The second kappa shape index (κ2) is 6.14. The highest BCUT2D eigenvalue weighted by molar-refractivity contribution is 7.89. The predicted octanol–water partition coefficient (Wildman–Crippen LogP) is 0.546. The van der Waals surface area contributed by atoms with E-state index in [2.05, 4.69) is 10.1 Å². The van der Waals surface area contributed by atoms with Gasteiger partial charge in [0, 0.05) is 6.04 Å². The summed E-state index contributed by atoms with van der Waals surface area (Å²) in [5.41, 5.74) is 0.850. The molecule has 0 aliphatic heterocycles. The maximum absolute atomic E-state index is 11.3. The van der Waals surface area contributed by atoms with Gasteiger partial charge >= 0.3 is 5.97 Å². The van der Waals surface area contributed by atoms with Crippen molar-refractivity contribution in [2.75, 3.05) is 7.11 Å². The van der Waals surface area contributed by atoms with Gasteiger partial charge in [-0.3, -0.25) is 10.1 Å². The van der Waals surface area contributed by atoms with E-state index in [0.29, 0.717) is 0 Å². The summed E-state index contributed by atoms with van der Waals surface area (Å²) in [5, 5.41) is 8.07. The van der Waals surface area contributed by atoms with Gasteiger partial charge in [-0.25, -0.2) is 13.6 Å². The third-order valence-electron chi connectivity index (χ3n) is 2.76. The topological polar surface area (TPSA) is 98.5 Å². The van der Waals surface area contributed by atoms with Crippen molar-refractivity contribution >= 4 is 16.0 Å². The Bertz CT molecular complexity index is 539. The number of benzene rings is 1. The van der Waals surface area contributed by atoms with Crippen molar-refractivity contribution in [3.05, 3.63) is 29.8 Å². The van der Waals surface area contributed by atoms with Gasteiger partial charge in [-0.2, -0.15) is 0 Å². The van der Waals surface area contributed by atoms with E-state index >= 15 is 0 Å². The van der Waals surface area contributed by atoms with E-state index in [1.165, 1.54) is 19.2 Å². The van der Waals surface area contributed by atoms with Crippen molar-refractivity contribution in [1.82, 2.24) is 5.32 Å². The molecule has 7 heteroatoms. The van der Waals surface area contributed by atoms with Gasteiger partial charge in [0.05, 0.1) is 12.0 Å². The number of ether oxygens (including phenoxy) is 1. The lowest BCUT2D eigenvalue weighted by Crippen LogP contribution is -2.36. The molecule has 0 aliphatic carbocycles.